The predicted molar refractivity (Wildman–Crippen MR) is 146 cm³/mol. The van der Waals surface area contributed by atoms with Crippen LogP contribution in [0, 0.1) is 0 Å². The number of H-pyrrole nitrogens is 1. The molecule has 228 valence electrons. The van der Waals surface area contributed by atoms with Gasteiger partial charge in [0, 0.05) is 31.4 Å². The van der Waals surface area contributed by atoms with Crippen LogP contribution in [0.25, 0.3) is 0 Å². The highest BCUT2D eigenvalue weighted by Crippen LogP contribution is 2.06. The zero-order valence-electron chi connectivity index (χ0n) is 22.3. The molecular formula is C22H38N12O7. The Labute approximate surface area is 234 Å². The van der Waals surface area contributed by atoms with Crippen molar-refractivity contribution in [1.29, 1.82) is 0 Å². The van der Waals surface area contributed by atoms with Crippen LogP contribution in [0.5, 0.6) is 0 Å². The summed E-state index contributed by atoms with van der Waals surface area (Å²) in [6.45, 7) is 0.333. The standard InChI is InChI=1S/C22H38N12O7/c23-12(3-1-5-29-21(24)25)17(37)33-14(7-11-9-28-10-31-11)19(39)32-13(4-2-6-30-22(26)27)18(38)34-15(20(40)41)8-16(35)36/h9-10,12-15H,1-8,23H2,(H,28,31)(H,32,39)(H,33,37)(H,34,38)(H,35,36)(H,40,41)(H4,24,25,29)(H4,26,27,30). The van der Waals surface area contributed by atoms with Gasteiger partial charge in [-0.05, 0) is 25.7 Å². The van der Waals surface area contributed by atoms with Crippen LogP contribution >= 0.6 is 0 Å². The number of nitrogens with two attached hydrogens (primary N) is 5. The monoisotopic (exact) mass is 582 g/mol. The van der Waals surface area contributed by atoms with Gasteiger partial charge in [0.25, 0.3) is 0 Å². The van der Waals surface area contributed by atoms with Crippen molar-refractivity contribution in [2.45, 2.75) is 62.7 Å². The van der Waals surface area contributed by atoms with Crippen molar-refractivity contribution in [3.63, 3.8) is 0 Å². The second-order valence-corrected chi connectivity index (χ2v) is 8.90. The average molecular weight is 583 g/mol. The number of carboxylic acids is 2. The van der Waals surface area contributed by atoms with Crippen molar-refractivity contribution in [3.8, 4) is 0 Å². The number of amides is 3. The number of aromatic nitrogens is 2. The summed E-state index contributed by atoms with van der Waals surface area (Å²) < 4.78 is 0. The number of carboxylic acid groups (broad SMARTS) is 2. The first-order valence-electron chi connectivity index (χ1n) is 12.5. The fourth-order valence-corrected chi connectivity index (χ4v) is 3.45. The minimum absolute atomic E-state index is 0.0528. The third-order valence-electron chi connectivity index (χ3n) is 5.49. The van der Waals surface area contributed by atoms with Gasteiger partial charge in [-0.3, -0.25) is 29.2 Å². The summed E-state index contributed by atoms with van der Waals surface area (Å²) in [4.78, 5) is 75.8. The molecule has 0 saturated carbocycles. The summed E-state index contributed by atoms with van der Waals surface area (Å²) >= 11 is 0. The van der Waals surface area contributed by atoms with E-state index >= 15 is 0 Å². The maximum atomic E-state index is 13.3. The zero-order valence-corrected chi connectivity index (χ0v) is 22.3. The molecule has 0 saturated heterocycles. The van der Waals surface area contributed by atoms with Gasteiger partial charge < -0.3 is 59.8 Å². The quantitative estimate of drug-likeness (QED) is 0.0416. The highest BCUT2D eigenvalue weighted by atomic mass is 16.4. The van der Waals surface area contributed by atoms with E-state index in [0.717, 1.165) is 0 Å². The van der Waals surface area contributed by atoms with E-state index in [-0.39, 0.29) is 50.7 Å². The molecule has 0 fully saturated rings. The maximum Gasteiger partial charge on any atom is 0.326 e. The number of guanidine groups is 2. The Morgan fingerprint density at radius 3 is 1.88 bits per heavy atom. The highest BCUT2D eigenvalue weighted by molar-refractivity contribution is 5.94. The Kier molecular flexibility index (Phi) is 14.6. The molecule has 4 unspecified atom stereocenters. The molecule has 1 rings (SSSR count). The normalized spacial score (nSPS) is 13.5. The Bertz CT molecular complexity index is 1080. The molecule has 19 nitrogen and oxygen atoms in total. The molecule has 1 heterocycles. The van der Waals surface area contributed by atoms with E-state index in [4.69, 9.17) is 33.8 Å². The Morgan fingerprint density at radius 1 is 0.829 bits per heavy atom. The van der Waals surface area contributed by atoms with Crippen molar-refractivity contribution < 1.29 is 34.2 Å². The van der Waals surface area contributed by atoms with Gasteiger partial charge >= 0.3 is 11.9 Å². The fraction of sp³-hybridized carbons (Fsp3) is 0.545. The largest absolute Gasteiger partial charge is 0.481 e. The van der Waals surface area contributed by atoms with Crippen LogP contribution < -0.4 is 44.6 Å². The van der Waals surface area contributed by atoms with Crippen molar-refractivity contribution in [1.82, 2.24) is 25.9 Å². The molecule has 0 spiro atoms. The van der Waals surface area contributed by atoms with Crippen LogP contribution in [-0.4, -0.2) is 99.0 Å². The molecule has 4 atom stereocenters. The molecule has 0 radical (unpaired) electrons. The molecule has 0 aliphatic heterocycles. The number of nitrogens with one attached hydrogen (secondary N) is 4. The number of hydrogen-bond donors (Lipinski definition) is 11. The first kappa shape index (κ1) is 34.1. The van der Waals surface area contributed by atoms with E-state index < -0.39 is 60.2 Å². The molecule has 41 heavy (non-hydrogen) atoms. The molecule has 1 aromatic heterocycles. The lowest BCUT2D eigenvalue weighted by Gasteiger charge is -2.25. The second kappa shape index (κ2) is 17.6. The zero-order chi connectivity index (χ0) is 30.9. The third-order valence-corrected chi connectivity index (χ3v) is 5.49. The van der Waals surface area contributed by atoms with Crippen molar-refractivity contribution in [3.05, 3.63) is 18.2 Å². The number of rotatable bonds is 19. The molecule has 0 bridgehead atoms. The summed E-state index contributed by atoms with van der Waals surface area (Å²) in [5.41, 5.74) is 27.6. The number of aliphatic imine (C=N–C) groups is 2. The number of carbonyl (C=O) groups is 5. The van der Waals surface area contributed by atoms with Gasteiger partial charge in [-0.25, -0.2) is 9.78 Å². The lowest BCUT2D eigenvalue weighted by Crippen LogP contribution is -2.57. The van der Waals surface area contributed by atoms with Crippen molar-refractivity contribution >= 4 is 41.6 Å². The summed E-state index contributed by atoms with van der Waals surface area (Å²) in [5, 5.41) is 25.4. The first-order valence-corrected chi connectivity index (χ1v) is 12.5. The van der Waals surface area contributed by atoms with Crippen LogP contribution in [0.2, 0.25) is 0 Å². The lowest BCUT2D eigenvalue weighted by molar-refractivity contribution is -0.147. The SMILES string of the molecule is NC(N)=NCCCC(N)C(=O)NC(Cc1cnc[nH]1)C(=O)NC(CCCN=C(N)N)C(=O)NC(CC(=O)O)C(=O)O. The van der Waals surface area contributed by atoms with E-state index in [1.165, 1.54) is 12.5 Å². The van der Waals surface area contributed by atoms with E-state index in [0.29, 0.717) is 12.1 Å². The fourth-order valence-electron chi connectivity index (χ4n) is 3.45. The third kappa shape index (κ3) is 14.1. The molecule has 0 aliphatic carbocycles. The molecule has 0 aliphatic rings. The Balaban J connectivity index is 3.07. The number of aromatic amines is 1. The minimum Gasteiger partial charge on any atom is -0.481 e. The molecule has 19 heteroatoms. The summed E-state index contributed by atoms with van der Waals surface area (Å²) in [6.07, 6.45) is 2.58. The van der Waals surface area contributed by atoms with E-state index in [1.54, 1.807) is 0 Å². The number of imidazole rings is 1. The van der Waals surface area contributed by atoms with Gasteiger partial charge in [0.15, 0.2) is 11.9 Å². The van der Waals surface area contributed by atoms with Crippen LogP contribution in [0.1, 0.15) is 37.8 Å². The Morgan fingerprint density at radius 2 is 1.37 bits per heavy atom. The van der Waals surface area contributed by atoms with Gasteiger partial charge in [0.2, 0.25) is 17.7 Å². The predicted octanol–water partition coefficient (Wildman–Crippen LogP) is -4.60. The molecule has 0 aromatic carbocycles. The van der Waals surface area contributed by atoms with Crippen LogP contribution in [0.3, 0.4) is 0 Å². The number of aliphatic carboxylic acids is 2. The van der Waals surface area contributed by atoms with E-state index in [2.05, 4.69) is 35.9 Å². The summed E-state index contributed by atoms with van der Waals surface area (Å²) in [7, 11) is 0. The van der Waals surface area contributed by atoms with Gasteiger partial charge in [-0.15, -0.1) is 0 Å². The van der Waals surface area contributed by atoms with Gasteiger partial charge in [-0.2, -0.15) is 0 Å². The lowest BCUT2D eigenvalue weighted by atomic mass is 10.1. The molecule has 16 N–H and O–H groups in total. The molecular weight excluding hydrogens is 544 g/mol. The number of nitrogens with zero attached hydrogens (tertiary/aromatic N) is 3. The summed E-state index contributed by atoms with van der Waals surface area (Å²) in [5.74, 6) is -5.75. The maximum absolute atomic E-state index is 13.3. The Hall–Kier alpha value is -4.94. The van der Waals surface area contributed by atoms with E-state index in [1.807, 2.05) is 0 Å². The smallest absolute Gasteiger partial charge is 0.326 e. The minimum atomic E-state index is -1.76. The van der Waals surface area contributed by atoms with Crippen molar-refractivity contribution in [2.75, 3.05) is 13.1 Å². The van der Waals surface area contributed by atoms with Crippen molar-refractivity contribution in [2.24, 2.45) is 38.7 Å². The first-order chi connectivity index (χ1) is 19.3. The topological polar surface area (TPSA) is 345 Å². The van der Waals surface area contributed by atoms with Crippen LogP contribution in [0.15, 0.2) is 22.5 Å². The van der Waals surface area contributed by atoms with Gasteiger partial charge in [-0.1, -0.05) is 0 Å². The summed E-state index contributed by atoms with van der Waals surface area (Å²) in [6, 6.07) is -5.32. The van der Waals surface area contributed by atoms with Gasteiger partial charge in [0.1, 0.15) is 18.1 Å². The highest BCUT2D eigenvalue weighted by Gasteiger charge is 2.31. The number of carbonyl (C=O) groups excluding carboxylic acids is 3. The number of hydrogen-bond acceptors (Lipinski definition) is 9. The second-order valence-electron chi connectivity index (χ2n) is 8.90. The molecule has 1 aromatic rings. The van der Waals surface area contributed by atoms with E-state index in [9.17, 15) is 29.1 Å². The average Bonchev–Trinajstić information content (AvgIpc) is 3.39. The molecule has 3 amide bonds. The van der Waals surface area contributed by atoms with Crippen LogP contribution in [0.4, 0.5) is 0 Å². The van der Waals surface area contributed by atoms with Gasteiger partial charge in [0.05, 0.1) is 18.8 Å². The van der Waals surface area contributed by atoms with Crippen LogP contribution in [-0.2, 0) is 30.4 Å².